The van der Waals surface area contributed by atoms with Crippen LogP contribution in [-0.2, 0) is 16.1 Å². The second kappa shape index (κ2) is 8.80. The van der Waals surface area contributed by atoms with Gasteiger partial charge in [0.15, 0.2) is 0 Å². The first-order valence-corrected chi connectivity index (χ1v) is 7.75. The Balaban J connectivity index is 1.82. The predicted octanol–water partition coefficient (Wildman–Crippen LogP) is 2.79. The summed E-state index contributed by atoms with van der Waals surface area (Å²) in [6.07, 6.45) is 0. The molecule has 2 aromatic carbocycles. The molecular formula is C19H17NO3S. The van der Waals surface area contributed by atoms with Gasteiger partial charge in [0.1, 0.15) is 6.61 Å². The lowest BCUT2D eigenvalue weighted by Crippen LogP contribution is -2.27. The van der Waals surface area contributed by atoms with Crippen molar-refractivity contribution in [3.05, 3.63) is 65.7 Å². The average molecular weight is 339 g/mol. The standard InChI is InChI=1S/C19H17NO3S/c1-20(19(22)16-9-11-17(24)12-10-16)13-5-8-18(21)23-14-15-6-3-2-4-7-15/h2-4,6-7,9-12,24H,13-14H2,1H3. The highest BCUT2D eigenvalue weighted by molar-refractivity contribution is 7.80. The van der Waals surface area contributed by atoms with Crippen molar-refractivity contribution < 1.29 is 14.3 Å². The molecule has 0 aliphatic carbocycles. The van der Waals surface area contributed by atoms with Crippen molar-refractivity contribution in [1.29, 1.82) is 0 Å². The fourth-order valence-corrected chi connectivity index (χ4v) is 2.03. The van der Waals surface area contributed by atoms with Crippen LogP contribution in [0.4, 0.5) is 0 Å². The Bertz CT molecular complexity index is 761. The van der Waals surface area contributed by atoms with E-state index in [1.165, 1.54) is 4.90 Å². The lowest BCUT2D eigenvalue weighted by atomic mass is 10.2. The van der Waals surface area contributed by atoms with Crippen LogP contribution >= 0.6 is 12.6 Å². The first-order valence-electron chi connectivity index (χ1n) is 7.30. The van der Waals surface area contributed by atoms with Gasteiger partial charge in [-0.1, -0.05) is 36.3 Å². The van der Waals surface area contributed by atoms with Gasteiger partial charge < -0.3 is 9.64 Å². The highest BCUT2D eigenvalue weighted by Crippen LogP contribution is 2.09. The van der Waals surface area contributed by atoms with Gasteiger partial charge >= 0.3 is 5.97 Å². The smallest absolute Gasteiger partial charge is 0.384 e. The predicted molar refractivity (Wildman–Crippen MR) is 94.7 cm³/mol. The van der Waals surface area contributed by atoms with E-state index in [9.17, 15) is 9.59 Å². The molecule has 5 heteroatoms. The van der Waals surface area contributed by atoms with E-state index in [-0.39, 0.29) is 19.1 Å². The summed E-state index contributed by atoms with van der Waals surface area (Å²) in [7, 11) is 1.63. The molecule has 4 nitrogen and oxygen atoms in total. The fourth-order valence-electron chi connectivity index (χ4n) is 1.89. The summed E-state index contributed by atoms with van der Waals surface area (Å²) >= 11 is 4.18. The number of esters is 1. The fraction of sp³-hybridized carbons (Fsp3) is 0.158. The molecule has 122 valence electrons. The van der Waals surface area contributed by atoms with Gasteiger partial charge in [-0.3, -0.25) is 4.79 Å². The maximum atomic E-state index is 12.2. The molecule has 0 aliphatic heterocycles. The lowest BCUT2D eigenvalue weighted by molar-refractivity contribution is -0.137. The Morgan fingerprint density at radius 3 is 2.42 bits per heavy atom. The Labute approximate surface area is 146 Å². The van der Waals surface area contributed by atoms with Crippen LogP contribution in [0.5, 0.6) is 0 Å². The minimum Gasteiger partial charge on any atom is -0.451 e. The van der Waals surface area contributed by atoms with E-state index in [0.29, 0.717) is 5.56 Å². The van der Waals surface area contributed by atoms with Crippen LogP contribution in [0.25, 0.3) is 0 Å². The van der Waals surface area contributed by atoms with E-state index in [4.69, 9.17) is 4.74 Å². The van der Waals surface area contributed by atoms with Crippen molar-refractivity contribution in [3.63, 3.8) is 0 Å². The quantitative estimate of drug-likeness (QED) is 0.403. The molecule has 0 unspecified atom stereocenters. The van der Waals surface area contributed by atoms with E-state index in [2.05, 4.69) is 24.5 Å². The molecule has 0 aromatic heterocycles. The zero-order chi connectivity index (χ0) is 17.4. The summed E-state index contributed by atoms with van der Waals surface area (Å²) < 4.78 is 5.04. The summed E-state index contributed by atoms with van der Waals surface area (Å²) in [5.41, 5.74) is 1.44. The molecule has 0 fully saturated rings. The zero-order valence-corrected chi connectivity index (χ0v) is 14.1. The molecule has 0 saturated carbocycles. The Morgan fingerprint density at radius 2 is 1.75 bits per heavy atom. The minimum atomic E-state index is -0.612. The third kappa shape index (κ3) is 5.49. The number of carbonyl (C=O) groups is 2. The summed E-state index contributed by atoms with van der Waals surface area (Å²) in [4.78, 5) is 25.9. The van der Waals surface area contributed by atoms with Crippen LogP contribution in [0.15, 0.2) is 59.5 Å². The topological polar surface area (TPSA) is 46.6 Å². The number of rotatable bonds is 4. The molecule has 1 amide bonds. The summed E-state index contributed by atoms with van der Waals surface area (Å²) in [6, 6.07) is 16.2. The van der Waals surface area contributed by atoms with Crippen LogP contribution in [0.3, 0.4) is 0 Å². The summed E-state index contributed by atoms with van der Waals surface area (Å²) in [5.74, 6) is 4.25. The van der Waals surface area contributed by atoms with Crippen LogP contribution in [0.1, 0.15) is 15.9 Å². The third-order valence-electron chi connectivity index (χ3n) is 3.18. The lowest BCUT2D eigenvalue weighted by Gasteiger charge is -2.13. The molecule has 0 atom stereocenters. The monoisotopic (exact) mass is 339 g/mol. The molecule has 0 aliphatic rings. The minimum absolute atomic E-state index is 0.141. The Morgan fingerprint density at radius 1 is 1.08 bits per heavy atom. The number of hydrogen-bond acceptors (Lipinski definition) is 4. The first-order chi connectivity index (χ1) is 11.6. The van der Waals surface area contributed by atoms with Gasteiger partial charge in [0.25, 0.3) is 5.91 Å². The van der Waals surface area contributed by atoms with Gasteiger partial charge in [0.05, 0.1) is 6.54 Å². The highest BCUT2D eigenvalue weighted by atomic mass is 32.1. The molecular weight excluding hydrogens is 322 g/mol. The van der Waals surface area contributed by atoms with Gasteiger partial charge in [-0.25, -0.2) is 4.79 Å². The van der Waals surface area contributed by atoms with Gasteiger partial charge in [-0.15, -0.1) is 12.6 Å². The first kappa shape index (κ1) is 17.6. The van der Waals surface area contributed by atoms with Gasteiger partial charge in [-0.05, 0) is 29.8 Å². The van der Waals surface area contributed by atoms with Crippen molar-refractivity contribution in [2.75, 3.05) is 13.6 Å². The zero-order valence-electron chi connectivity index (χ0n) is 13.2. The molecule has 2 aromatic rings. The summed E-state index contributed by atoms with van der Waals surface area (Å²) in [6.45, 7) is 0.321. The van der Waals surface area contributed by atoms with Crippen molar-refractivity contribution >= 4 is 24.5 Å². The second-order valence-electron chi connectivity index (χ2n) is 5.07. The number of hydrogen-bond donors (Lipinski definition) is 1. The van der Waals surface area contributed by atoms with Crippen LogP contribution < -0.4 is 0 Å². The second-order valence-corrected chi connectivity index (χ2v) is 5.59. The molecule has 0 saturated heterocycles. The van der Waals surface area contributed by atoms with Crippen molar-refractivity contribution in [1.82, 2.24) is 4.90 Å². The SMILES string of the molecule is CN(CC#CC(=O)OCc1ccccc1)C(=O)c1ccc(S)cc1. The maximum absolute atomic E-state index is 12.2. The highest BCUT2D eigenvalue weighted by Gasteiger charge is 2.10. The van der Waals surface area contributed by atoms with E-state index in [1.807, 2.05) is 30.3 Å². The normalized spacial score (nSPS) is 9.58. The van der Waals surface area contributed by atoms with Gasteiger partial charge in [-0.2, -0.15) is 0 Å². The van der Waals surface area contributed by atoms with E-state index >= 15 is 0 Å². The van der Waals surface area contributed by atoms with Crippen LogP contribution in [0, 0.1) is 11.8 Å². The molecule has 24 heavy (non-hydrogen) atoms. The van der Waals surface area contributed by atoms with E-state index < -0.39 is 5.97 Å². The Hall–Kier alpha value is -2.71. The molecule has 0 N–H and O–H groups in total. The van der Waals surface area contributed by atoms with E-state index in [0.717, 1.165) is 10.5 Å². The maximum Gasteiger partial charge on any atom is 0.384 e. The van der Waals surface area contributed by atoms with Crippen LogP contribution in [-0.4, -0.2) is 30.4 Å². The van der Waals surface area contributed by atoms with E-state index in [1.54, 1.807) is 31.3 Å². The van der Waals surface area contributed by atoms with Crippen molar-refractivity contribution in [2.24, 2.45) is 0 Å². The molecule has 2 rings (SSSR count). The van der Waals surface area contributed by atoms with Gasteiger partial charge in [0.2, 0.25) is 0 Å². The largest absolute Gasteiger partial charge is 0.451 e. The molecule has 0 heterocycles. The molecule has 0 spiro atoms. The number of amides is 1. The van der Waals surface area contributed by atoms with Crippen LogP contribution in [0.2, 0.25) is 0 Å². The number of thiol groups is 1. The van der Waals surface area contributed by atoms with Gasteiger partial charge in [0, 0.05) is 23.4 Å². The molecule has 0 bridgehead atoms. The Kier molecular flexibility index (Phi) is 6.47. The number of nitrogens with zero attached hydrogens (tertiary/aromatic N) is 1. The molecule has 0 radical (unpaired) electrons. The number of carbonyl (C=O) groups excluding carboxylic acids is 2. The number of ether oxygens (including phenoxy) is 1. The summed E-state index contributed by atoms with van der Waals surface area (Å²) in [5, 5.41) is 0. The van der Waals surface area contributed by atoms with Crippen molar-refractivity contribution in [2.45, 2.75) is 11.5 Å². The third-order valence-corrected chi connectivity index (χ3v) is 3.48. The van der Waals surface area contributed by atoms with Crippen molar-refractivity contribution in [3.8, 4) is 11.8 Å². The average Bonchev–Trinajstić information content (AvgIpc) is 2.61. The number of benzene rings is 2.